The SMILES string of the molecule is COc1cc(C(=O)O)c(-n2cccc2)cc1OC. The molecule has 1 aromatic carbocycles. The van der Waals surface area contributed by atoms with Gasteiger partial charge in [-0.15, -0.1) is 0 Å². The highest BCUT2D eigenvalue weighted by molar-refractivity contribution is 5.93. The predicted molar refractivity (Wildman–Crippen MR) is 65.8 cm³/mol. The van der Waals surface area contributed by atoms with Gasteiger partial charge >= 0.3 is 5.97 Å². The van der Waals surface area contributed by atoms with Gasteiger partial charge in [-0.3, -0.25) is 0 Å². The first-order valence-corrected chi connectivity index (χ1v) is 5.30. The van der Waals surface area contributed by atoms with E-state index in [1.54, 1.807) is 23.0 Å². The molecule has 0 spiro atoms. The fourth-order valence-corrected chi connectivity index (χ4v) is 1.75. The summed E-state index contributed by atoms with van der Waals surface area (Å²) < 4.78 is 12.0. The van der Waals surface area contributed by atoms with E-state index >= 15 is 0 Å². The molecular formula is C13H13NO4. The minimum atomic E-state index is -1.01. The second-order valence-electron chi connectivity index (χ2n) is 3.62. The van der Waals surface area contributed by atoms with E-state index in [9.17, 15) is 9.90 Å². The highest BCUT2D eigenvalue weighted by Crippen LogP contribution is 2.32. The van der Waals surface area contributed by atoms with Gasteiger partial charge in [0, 0.05) is 24.5 Å². The maximum atomic E-state index is 11.3. The van der Waals surface area contributed by atoms with Crippen molar-refractivity contribution in [1.82, 2.24) is 4.57 Å². The van der Waals surface area contributed by atoms with Gasteiger partial charge in [0.2, 0.25) is 0 Å². The van der Waals surface area contributed by atoms with Gasteiger partial charge in [-0.25, -0.2) is 4.79 Å². The Balaban J connectivity index is 2.66. The van der Waals surface area contributed by atoms with Crippen LogP contribution in [0, 0.1) is 0 Å². The molecule has 1 heterocycles. The van der Waals surface area contributed by atoms with E-state index in [1.807, 2.05) is 12.1 Å². The summed E-state index contributed by atoms with van der Waals surface area (Å²) in [7, 11) is 2.98. The van der Waals surface area contributed by atoms with Crippen molar-refractivity contribution in [2.24, 2.45) is 0 Å². The van der Waals surface area contributed by atoms with Crippen LogP contribution < -0.4 is 9.47 Å². The molecule has 0 bridgehead atoms. The van der Waals surface area contributed by atoms with E-state index in [0.717, 1.165) is 0 Å². The molecule has 1 aromatic heterocycles. The van der Waals surface area contributed by atoms with Crippen LogP contribution in [0.25, 0.3) is 5.69 Å². The monoisotopic (exact) mass is 247 g/mol. The number of methoxy groups -OCH3 is 2. The number of carboxylic acids is 1. The second kappa shape index (κ2) is 4.83. The van der Waals surface area contributed by atoms with E-state index in [-0.39, 0.29) is 5.56 Å². The molecule has 0 saturated heterocycles. The van der Waals surface area contributed by atoms with Crippen LogP contribution in [0.4, 0.5) is 0 Å². The van der Waals surface area contributed by atoms with Crippen LogP contribution in [0.1, 0.15) is 10.4 Å². The molecule has 0 amide bonds. The Morgan fingerprint density at radius 3 is 2.17 bits per heavy atom. The number of hydrogen-bond donors (Lipinski definition) is 1. The number of aromatic nitrogens is 1. The molecule has 0 atom stereocenters. The molecule has 5 nitrogen and oxygen atoms in total. The van der Waals surface area contributed by atoms with Crippen molar-refractivity contribution in [3.05, 3.63) is 42.2 Å². The van der Waals surface area contributed by atoms with Crippen LogP contribution in [0.5, 0.6) is 11.5 Å². The van der Waals surface area contributed by atoms with Crippen molar-refractivity contribution in [2.45, 2.75) is 0 Å². The van der Waals surface area contributed by atoms with Crippen LogP contribution in [0.2, 0.25) is 0 Å². The van der Waals surface area contributed by atoms with Gasteiger partial charge in [-0.05, 0) is 12.1 Å². The zero-order valence-corrected chi connectivity index (χ0v) is 10.1. The summed E-state index contributed by atoms with van der Waals surface area (Å²) in [6, 6.07) is 6.74. The van der Waals surface area contributed by atoms with E-state index in [4.69, 9.17) is 9.47 Å². The number of carbonyl (C=O) groups is 1. The third kappa shape index (κ3) is 2.02. The average Bonchev–Trinajstić information content (AvgIpc) is 2.90. The van der Waals surface area contributed by atoms with Crippen molar-refractivity contribution in [1.29, 1.82) is 0 Å². The molecule has 0 aliphatic rings. The minimum absolute atomic E-state index is 0.156. The number of hydrogen-bond acceptors (Lipinski definition) is 3. The smallest absolute Gasteiger partial charge is 0.337 e. The quantitative estimate of drug-likeness (QED) is 0.899. The number of aromatic carboxylic acids is 1. The molecule has 18 heavy (non-hydrogen) atoms. The Labute approximate surface area is 104 Å². The molecule has 2 aromatic rings. The third-order valence-electron chi connectivity index (χ3n) is 2.61. The van der Waals surface area contributed by atoms with Crippen LogP contribution in [-0.4, -0.2) is 29.9 Å². The maximum Gasteiger partial charge on any atom is 0.337 e. The summed E-state index contributed by atoms with van der Waals surface area (Å²) in [5.41, 5.74) is 0.689. The predicted octanol–water partition coefficient (Wildman–Crippen LogP) is 2.19. The summed E-state index contributed by atoms with van der Waals surface area (Å²) >= 11 is 0. The van der Waals surface area contributed by atoms with Crippen molar-refractivity contribution in [2.75, 3.05) is 14.2 Å². The Kier molecular flexibility index (Phi) is 3.23. The lowest BCUT2D eigenvalue weighted by molar-refractivity contribution is 0.0696. The van der Waals surface area contributed by atoms with Gasteiger partial charge in [-0.1, -0.05) is 0 Å². The number of benzene rings is 1. The van der Waals surface area contributed by atoms with Gasteiger partial charge in [0.05, 0.1) is 25.5 Å². The number of carboxylic acid groups (broad SMARTS) is 1. The van der Waals surface area contributed by atoms with Gasteiger partial charge < -0.3 is 19.1 Å². The summed E-state index contributed by atoms with van der Waals surface area (Å²) in [6.07, 6.45) is 3.54. The number of ether oxygens (including phenoxy) is 2. The van der Waals surface area contributed by atoms with Crippen molar-refractivity contribution in [3.8, 4) is 17.2 Å². The summed E-state index contributed by atoms with van der Waals surface area (Å²) in [4.78, 5) is 11.3. The van der Waals surface area contributed by atoms with Crippen molar-refractivity contribution < 1.29 is 19.4 Å². The van der Waals surface area contributed by atoms with Crippen LogP contribution in [-0.2, 0) is 0 Å². The highest BCUT2D eigenvalue weighted by Gasteiger charge is 2.16. The standard InChI is InChI=1S/C13H13NO4/c1-17-11-7-9(13(15)16)10(8-12(11)18-2)14-5-3-4-6-14/h3-8H,1-2H3,(H,15,16). The summed E-state index contributed by atoms with van der Waals surface area (Å²) in [6.45, 7) is 0. The first-order chi connectivity index (χ1) is 8.67. The molecule has 1 N–H and O–H groups in total. The van der Waals surface area contributed by atoms with E-state index in [0.29, 0.717) is 17.2 Å². The fraction of sp³-hybridized carbons (Fsp3) is 0.154. The van der Waals surface area contributed by atoms with Crippen LogP contribution in [0.3, 0.4) is 0 Å². The third-order valence-corrected chi connectivity index (χ3v) is 2.61. The normalized spacial score (nSPS) is 10.1. The van der Waals surface area contributed by atoms with Gasteiger partial charge in [-0.2, -0.15) is 0 Å². The zero-order valence-electron chi connectivity index (χ0n) is 10.1. The van der Waals surface area contributed by atoms with E-state index in [1.165, 1.54) is 20.3 Å². The van der Waals surface area contributed by atoms with Crippen molar-refractivity contribution in [3.63, 3.8) is 0 Å². The lowest BCUT2D eigenvalue weighted by atomic mass is 10.1. The molecular weight excluding hydrogens is 234 g/mol. The first kappa shape index (κ1) is 12.0. The fourth-order valence-electron chi connectivity index (χ4n) is 1.75. The maximum absolute atomic E-state index is 11.3. The van der Waals surface area contributed by atoms with E-state index < -0.39 is 5.97 Å². The zero-order chi connectivity index (χ0) is 13.1. The van der Waals surface area contributed by atoms with Crippen LogP contribution >= 0.6 is 0 Å². The Hall–Kier alpha value is -2.43. The molecule has 0 fully saturated rings. The molecule has 0 radical (unpaired) electrons. The van der Waals surface area contributed by atoms with Gasteiger partial charge in [0.15, 0.2) is 11.5 Å². The van der Waals surface area contributed by atoms with Gasteiger partial charge in [0.1, 0.15) is 0 Å². The lowest BCUT2D eigenvalue weighted by Gasteiger charge is -2.13. The molecule has 94 valence electrons. The highest BCUT2D eigenvalue weighted by atomic mass is 16.5. The molecule has 5 heteroatoms. The summed E-state index contributed by atoms with van der Waals surface area (Å²) in [5, 5.41) is 9.24. The first-order valence-electron chi connectivity index (χ1n) is 5.30. The number of nitrogens with zero attached hydrogens (tertiary/aromatic N) is 1. The molecule has 0 saturated carbocycles. The Morgan fingerprint density at radius 2 is 1.67 bits per heavy atom. The molecule has 0 unspecified atom stereocenters. The lowest BCUT2D eigenvalue weighted by Crippen LogP contribution is -2.06. The number of rotatable bonds is 4. The minimum Gasteiger partial charge on any atom is -0.493 e. The Bertz CT molecular complexity index is 561. The topological polar surface area (TPSA) is 60.7 Å². The second-order valence-corrected chi connectivity index (χ2v) is 3.62. The van der Waals surface area contributed by atoms with Gasteiger partial charge in [0.25, 0.3) is 0 Å². The summed E-state index contributed by atoms with van der Waals surface area (Å²) in [5.74, 6) is -0.128. The average molecular weight is 247 g/mol. The molecule has 2 rings (SSSR count). The van der Waals surface area contributed by atoms with Crippen LogP contribution in [0.15, 0.2) is 36.7 Å². The molecule has 0 aliphatic carbocycles. The van der Waals surface area contributed by atoms with Crippen molar-refractivity contribution >= 4 is 5.97 Å². The Morgan fingerprint density at radius 1 is 1.11 bits per heavy atom. The van der Waals surface area contributed by atoms with E-state index in [2.05, 4.69) is 0 Å². The largest absolute Gasteiger partial charge is 0.493 e. The molecule has 0 aliphatic heterocycles.